The van der Waals surface area contributed by atoms with Gasteiger partial charge in [0.15, 0.2) is 5.96 Å². The number of guanidine groups is 1. The van der Waals surface area contributed by atoms with E-state index in [0.717, 1.165) is 58.2 Å². The molecule has 2 aliphatic rings. The molecule has 0 aliphatic carbocycles. The molecule has 1 saturated heterocycles. The molecule has 0 bridgehead atoms. The highest BCUT2D eigenvalue weighted by molar-refractivity contribution is 14.0. The van der Waals surface area contributed by atoms with E-state index in [1.807, 2.05) is 0 Å². The fourth-order valence-electron chi connectivity index (χ4n) is 4.66. The van der Waals surface area contributed by atoms with Gasteiger partial charge in [0.25, 0.3) is 0 Å². The second-order valence-electron chi connectivity index (χ2n) is 8.21. The number of likely N-dealkylation sites (N-methyl/N-ethyl adjacent to an activating group) is 1. The van der Waals surface area contributed by atoms with Crippen molar-refractivity contribution in [2.75, 3.05) is 52.4 Å². The summed E-state index contributed by atoms with van der Waals surface area (Å²) in [5.41, 5.74) is 2.84. The highest BCUT2D eigenvalue weighted by Crippen LogP contribution is 2.19. The summed E-state index contributed by atoms with van der Waals surface area (Å²) >= 11 is 0. The average molecular weight is 530 g/mol. The lowest BCUT2D eigenvalue weighted by Crippen LogP contribution is -2.44. The Kier molecular flexibility index (Phi) is 10.8. The predicted molar refractivity (Wildman–Crippen MR) is 136 cm³/mol. The van der Waals surface area contributed by atoms with Crippen LogP contribution in [0.4, 0.5) is 0 Å². The molecule has 2 heterocycles. The van der Waals surface area contributed by atoms with Crippen LogP contribution in [-0.4, -0.2) is 90.3 Å². The molecule has 0 radical (unpaired) electrons. The van der Waals surface area contributed by atoms with E-state index in [1.165, 1.54) is 17.5 Å². The molecule has 0 saturated carbocycles. The van der Waals surface area contributed by atoms with E-state index < -0.39 is 6.10 Å². The number of aliphatic imine (C=N–C) groups is 1. The molecule has 3 rings (SSSR count). The molecule has 2 atom stereocenters. The third kappa shape index (κ3) is 6.80. The monoisotopic (exact) mass is 529 g/mol. The number of β-amino-alcohol motifs (C(OH)–C–C–N with tert-alkyl or cyclic N) is 1. The molecular weight excluding hydrogens is 489 g/mol. The van der Waals surface area contributed by atoms with Gasteiger partial charge in [0, 0.05) is 45.3 Å². The van der Waals surface area contributed by atoms with E-state index in [9.17, 15) is 5.11 Å². The van der Waals surface area contributed by atoms with E-state index in [2.05, 4.69) is 65.1 Å². The minimum atomic E-state index is -0.435. The number of likely N-dealkylation sites (tertiary alicyclic amines) is 1. The van der Waals surface area contributed by atoms with Crippen LogP contribution in [-0.2, 0) is 13.0 Å². The summed E-state index contributed by atoms with van der Waals surface area (Å²) in [6, 6.07) is 9.25. The summed E-state index contributed by atoms with van der Waals surface area (Å²) in [5, 5.41) is 14.0. The van der Waals surface area contributed by atoms with Crippen LogP contribution in [0, 0.1) is 0 Å². The Morgan fingerprint density at radius 1 is 1.20 bits per heavy atom. The Hall–Kier alpha value is -0.900. The van der Waals surface area contributed by atoms with Crippen molar-refractivity contribution in [1.29, 1.82) is 0 Å². The van der Waals surface area contributed by atoms with Gasteiger partial charge in [-0.25, -0.2) is 0 Å². The van der Waals surface area contributed by atoms with Crippen LogP contribution in [0.2, 0.25) is 0 Å². The van der Waals surface area contributed by atoms with Crippen molar-refractivity contribution in [3.05, 3.63) is 35.4 Å². The minimum absolute atomic E-state index is 0. The van der Waals surface area contributed by atoms with Gasteiger partial charge in [-0.05, 0) is 44.0 Å². The molecule has 6 nitrogen and oxygen atoms in total. The number of benzene rings is 1. The van der Waals surface area contributed by atoms with Gasteiger partial charge >= 0.3 is 0 Å². The van der Waals surface area contributed by atoms with E-state index in [-0.39, 0.29) is 24.0 Å². The maximum atomic E-state index is 10.6. The number of hydrogen-bond acceptors (Lipinski definition) is 4. The average Bonchev–Trinajstić information content (AvgIpc) is 3.21. The Morgan fingerprint density at radius 2 is 1.93 bits per heavy atom. The summed E-state index contributed by atoms with van der Waals surface area (Å²) in [5.74, 6) is 0.949. The van der Waals surface area contributed by atoms with E-state index in [0.29, 0.717) is 19.1 Å². The van der Waals surface area contributed by atoms with E-state index >= 15 is 0 Å². The molecule has 0 aromatic heterocycles. The third-order valence-corrected chi connectivity index (χ3v) is 6.26. The maximum Gasteiger partial charge on any atom is 0.194 e. The standard InChI is InChI=1S/C23H39N5O.HI/c1-4-24-23(28-14-12-21(17-28)27(5-2)6-3)25-15-22(29)18-26-13-11-19-9-7-8-10-20(19)16-26;/h7-10,21-22,29H,4-6,11-18H2,1-3H3,(H,24,25);1H. The lowest BCUT2D eigenvalue weighted by molar-refractivity contribution is 0.111. The number of fused-ring (bicyclic) bond motifs is 1. The third-order valence-electron chi connectivity index (χ3n) is 6.26. The number of nitrogens with one attached hydrogen (secondary N) is 1. The molecule has 2 N–H and O–H groups in total. The number of rotatable bonds is 8. The fraction of sp³-hybridized carbons (Fsp3) is 0.696. The van der Waals surface area contributed by atoms with Crippen molar-refractivity contribution in [3.63, 3.8) is 0 Å². The first-order valence-corrected chi connectivity index (χ1v) is 11.4. The van der Waals surface area contributed by atoms with E-state index in [4.69, 9.17) is 4.99 Å². The van der Waals surface area contributed by atoms with Crippen molar-refractivity contribution in [2.24, 2.45) is 4.99 Å². The SMILES string of the molecule is CCNC(=NCC(O)CN1CCc2ccccc2C1)N1CCC(N(CC)CC)C1.I. The van der Waals surface area contributed by atoms with Crippen LogP contribution in [0.1, 0.15) is 38.3 Å². The lowest BCUT2D eigenvalue weighted by Gasteiger charge is -2.30. The first kappa shape index (κ1) is 25.4. The van der Waals surface area contributed by atoms with E-state index in [1.54, 1.807) is 0 Å². The largest absolute Gasteiger partial charge is 0.390 e. The van der Waals surface area contributed by atoms with Gasteiger partial charge in [-0.1, -0.05) is 38.1 Å². The molecule has 1 fully saturated rings. The van der Waals surface area contributed by atoms with Gasteiger partial charge < -0.3 is 15.3 Å². The highest BCUT2D eigenvalue weighted by atomic mass is 127. The summed E-state index contributed by atoms with van der Waals surface area (Å²) in [6.45, 7) is 14.7. The van der Waals surface area contributed by atoms with Crippen LogP contribution in [0.25, 0.3) is 0 Å². The summed E-state index contributed by atoms with van der Waals surface area (Å²) in [6.07, 6.45) is 1.81. The Bertz CT molecular complexity index is 667. The van der Waals surface area contributed by atoms with Crippen LogP contribution in [0.3, 0.4) is 0 Å². The molecule has 1 aromatic carbocycles. The molecule has 1 aromatic rings. The number of halogens is 1. The lowest BCUT2D eigenvalue weighted by atomic mass is 10.00. The Morgan fingerprint density at radius 3 is 2.63 bits per heavy atom. The van der Waals surface area contributed by atoms with Gasteiger partial charge in [0.2, 0.25) is 0 Å². The van der Waals surface area contributed by atoms with Gasteiger partial charge in [-0.15, -0.1) is 24.0 Å². The van der Waals surface area contributed by atoms with Crippen molar-refractivity contribution in [3.8, 4) is 0 Å². The van der Waals surface area contributed by atoms with Crippen LogP contribution < -0.4 is 5.32 Å². The quantitative estimate of drug-likeness (QED) is 0.308. The highest BCUT2D eigenvalue weighted by Gasteiger charge is 2.28. The normalized spacial score (nSPS) is 20.8. The summed E-state index contributed by atoms with van der Waals surface area (Å²) in [7, 11) is 0. The first-order valence-electron chi connectivity index (χ1n) is 11.4. The van der Waals surface area contributed by atoms with Crippen molar-refractivity contribution >= 4 is 29.9 Å². The smallest absolute Gasteiger partial charge is 0.194 e. The number of nitrogens with zero attached hydrogens (tertiary/aromatic N) is 4. The zero-order valence-corrected chi connectivity index (χ0v) is 21.2. The van der Waals surface area contributed by atoms with Crippen LogP contribution in [0.5, 0.6) is 0 Å². The van der Waals surface area contributed by atoms with Gasteiger partial charge in [-0.2, -0.15) is 0 Å². The van der Waals surface area contributed by atoms with Gasteiger partial charge in [-0.3, -0.25) is 14.8 Å². The molecule has 2 aliphatic heterocycles. The Balaban J connectivity index is 0.00000320. The molecule has 0 spiro atoms. The van der Waals surface area contributed by atoms with Crippen molar-refractivity contribution in [1.82, 2.24) is 20.0 Å². The molecule has 0 amide bonds. The topological polar surface area (TPSA) is 54.3 Å². The van der Waals surface area contributed by atoms with Gasteiger partial charge in [0.05, 0.1) is 12.6 Å². The second kappa shape index (κ2) is 12.8. The summed E-state index contributed by atoms with van der Waals surface area (Å²) < 4.78 is 0. The zero-order valence-electron chi connectivity index (χ0n) is 18.9. The molecule has 2 unspecified atom stereocenters. The predicted octanol–water partition coefficient (Wildman–Crippen LogP) is 2.41. The van der Waals surface area contributed by atoms with Crippen LogP contribution >= 0.6 is 24.0 Å². The van der Waals surface area contributed by atoms with Crippen molar-refractivity contribution in [2.45, 2.75) is 52.3 Å². The fourth-order valence-corrected chi connectivity index (χ4v) is 4.66. The number of hydrogen-bond donors (Lipinski definition) is 2. The Labute approximate surface area is 199 Å². The molecular formula is C23H40IN5O. The number of aliphatic hydroxyl groups is 1. The molecule has 170 valence electrons. The van der Waals surface area contributed by atoms with Crippen LogP contribution in [0.15, 0.2) is 29.3 Å². The molecule has 30 heavy (non-hydrogen) atoms. The number of aliphatic hydroxyl groups excluding tert-OH is 1. The second-order valence-corrected chi connectivity index (χ2v) is 8.21. The van der Waals surface area contributed by atoms with Gasteiger partial charge in [0.1, 0.15) is 0 Å². The zero-order chi connectivity index (χ0) is 20.6. The minimum Gasteiger partial charge on any atom is -0.390 e. The van der Waals surface area contributed by atoms with Crippen molar-refractivity contribution < 1.29 is 5.11 Å². The first-order chi connectivity index (χ1) is 14.1. The summed E-state index contributed by atoms with van der Waals surface area (Å²) in [4.78, 5) is 12.0. The molecule has 7 heteroatoms. The maximum absolute atomic E-state index is 10.6.